The van der Waals surface area contributed by atoms with Gasteiger partial charge in [-0.1, -0.05) is 6.92 Å². The number of rotatable bonds is 7. The molecule has 0 amide bonds. The van der Waals surface area contributed by atoms with Crippen LogP contribution in [0.3, 0.4) is 0 Å². The number of hydrogen-bond donors (Lipinski definition) is 1. The van der Waals surface area contributed by atoms with Crippen molar-refractivity contribution in [2.75, 3.05) is 13.7 Å². The summed E-state index contributed by atoms with van der Waals surface area (Å²) in [5.74, 6) is 0. The molecule has 2 heterocycles. The molecule has 1 N–H and O–H groups in total. The molecule has 0 saturated carbocycles. The summed E-state index contributed by atoms with van der Waals surface area (Å²) >= 11 is 3.75. The van der Waals surface area contributed by atoms with E-state index in [4.69, 9.17) is 4.74 Å². The molecule has 1 atom stereocenters. The Kier molecular flexibility index (Phi) is 5.01. The molecule has 0 spiro atoms. The number of fused-ring (bicyclic) bond motifs is 1. The molecule has 1 unspecified atom stereocenters. The summed E-state index contributed by atoms with van der Waals surface area (Å²) in [5, 5.41) is 5.77. The second-order valence-electron chi connectivity index (χ2n) is 5.41. The lowest BCUT2D eigenvalue weighted by molar-refractivity contribution is 0.0118. The molecule has 2 rings (SSSR count). The summed E-state index contributed by atoms with van der Waals surface area (Å²) < 4.78 is 8.35. The van der Waals surface area contributed by atoms with E-state index in [0.717, 1.165) is 19.4 Å². The van der Waals surface area contributed by atoms with Gasteiger partial charge in [-0.25, -0.2) is 0 Å². The highest BCUT2D eigenvalue weighted by Gasteiger charge is 2.21. The monoisotopic (exact) mass is 297 g/mol. The van der Waals surface area contributed by atoms with E-state index >= 15 is 0 Å². The fraction of sp³-hybridized carbons (Fsp3) is 0.600. The van der Waals surface area contributed by atoms with Crippen LogP contribution in [0.15, 0.2) is 17.5 Å². The van der Waals surface area contributed by atoms with Gasteiger partial charge >= 0.3 is 0 Å². The molecule has 0 aliphatic carbocycles. The molecule has 0 fully saturated rings. The fourth-order valence-corrected chi connectivity index (χ4v) is 4.37. The lowest BCUT2D eigenvalue weighted by atomic mass is 9.98. The standard InChI is InChI=1S/C15H23NOS2/c1-5-16-11(6-8-15(2,3)17-4)13-10-14-12(19-13)7-9-18-14/h7,9-11,16H,5-6,8H2,1-4H3. The van der Waals surface area contributed by atoms with Gasteiger partial charge in [0.1, 0.15) is 0 Å². The van der Waals surface area contributed by atoms with Crippen LogP contribution in [0.4, 0.5) is 0 Å². The van der Waals surface area contributed by atoms with Crippen molar-refractivity contribution in [1.29, 1.82) is 0 Å². The molecule has 0 aliphatic rings. The van der Waals surface area contributed by atoms with Gasteiger partial charge in [-0.15, -0.1) is 22.7 Å². The van der Waals surface area contributed by atoms with Crippen molar-refractivity contribution in [3.05, 3.63) is 22.4 Å². The van der Waals surface area contributed by atoms with E-state index in [2.05, 4.69) is 43.6 Å². The average Bonchev–Trinajstić information content (AvgIpc) is 2.95. The second-order valence-corrected chi connectivity index (χ2v) is 7.47. The zero-order chi connectivity index (χ0) is 13.9. The molecule has 0 bridgehead atoms. The number of methoxy groups -OCH3 is 1. The van der Waals surface area contributed by atoms with Crippen molar-refractivity contribution in [3.8, 4) is 0 Å². The molecule has 0 radical (unpaired) electrons. The highest BCUT2D eigenvalue weighted by Crippen LogP contribution is 2.35. The largest absolute Gasteiger partial charge is 0.379 e. The van der Waals surface area contributed by atoms with E-state index in [-0.39, 0.29) is 5.60 Å². The van der Waals surface area contributed by atoms with Crippen molar-refractivity contribution in [2.24, 2.45) is 0 Å². The zero-order valence-electron chi connectivity index (χ0n) is 12.2. The molecule has 0 aromatic carbocycles. The van der Waals surface area contributed by atoms with Crippen LogP contribution in [0, 0.1) is 0 Å². The van der Waals surface area contributed by atoms with Crippen LogP contribution in [0.5, 0.6) is 0 Å². The minimum Gasteiger partial charge on any atom is -0.379 e. The lowest BCUT2D eigenvalue weighted by Crippen LogP contribution is -2.27. The van der Waals surface area contributed by atoms with Gasteiger partial charge in [0.15, 0.2) is 0 Å². The topological polar surface area (TPSA) is 21.3 Å². The van der Waals surface area contributed by atoms with Gasteiger partial charge in [0, 0.05) is 27.4 Å². The van der Waals surface area contributed by atoms with E-state index in [1.54, 1.807) is 7.11 Å². The normalized spacial score (nSPS) is 14.1. The van der Waals surface area contributed by atoms with E-state index in [0.29, 0.717) is 6.04 Å². The molecule has 0 saturated heterocycles. The van der Waals surface area contributed by atoms with Crippen LogP contribution in [-0.2, 0) is 4.74 Å². The molecule has 106 valence electrons. The summed E-state index contributed by atoms with van der Waals surface area (Å²) in [4.78, 5) is 1.45. The zero-order valence-corrected chi connectivity index (χ0v) is 13.8. The Balaban J connectivity index is 2.09. The molecule has 19 heavy (non-hydrogen) atoms. The summed E-state index contributed by atoms with van der Waals surface area (Å²) in [6.07, 6.45) is 2.18. The highest BCUT2D eigenvalue weighted by atomic mass is 32.1. The van der Waals surface area contributed by atoms with Gasteiger partial charge in [-0.3, -0.25) is 0 Å². The third-order valence-electron chi connectivity index (χ3n) is 3.54. The first kappa shape index (κ1) is 15.0. The number of thiophene rings is 2. The van der Waals surface area contributed by atoms with E-state index < -0.39 is 0 Å². The minimum absolute atomic E-state index is 0.0394. The maximum Gasteiger partial charge on any atom is 0.0623 e. The summed E-state index contributed by atoms with van der Waals surface area (Å²) in [7, 11) is 1.80. The molecule has 2 aromatic heterocycles. The smallest absolute Gasteiger partial charge is 0.0623 e. The van der Waals surface area contributed by atoms with E-state index in [1.165, 1.54) is 14.3 Å². The van der Waals surface area contributed by atoms with Crippen LogP contribution >= 0.6 is 22.7 Å². The third-order valence-corrected chi connectivity index (χ3v) is 5.75. The fourth-order valence-electron chi connectivity index (χ4n) is 2.14. The third kappa shape index (κ3) is 3.78. The Hall–Kier alpha value is -0.420. The average molecular weight is 297 g/mol. The minimum atomic E-state index is -0.0394. The maximum atomic E-state index is 5.52. The number of hydrogen-bond acceptors (Lipinski definition) is 4. The Bertz CT molecular complexity index is 486. The highest BCUT2D eigenvalue weighted by molar-refractivity contribution is 7.26. The predicted molar refractivity (Wildman–Crippen MR) is 86.4 cm³/mol. The number of nitrogens with one attached hydrogen (secondary N) is 1. The van der Waals surface area contributed by atoms with Crippen molar-refractivity contribution in [2.45, 2.75) is 45.3 Å². The Morgan fingerprint density at radius 2 is 2.16 bits per heavy atom. The van der Waals surface area contributed by atoms with Crippen molar-refractivity contribution in [1.82, 2.24) is 5.32 Å². The van der Waals surface area contributed by atoms with Gasteiger partial charge in [0.05, 0.1) is 5.60 Å². The summed E-state index contributed by atoms with van der Waals surface area (Å²) in [6.45, 7) is 7.49. The Labute approximate surface area is 123 Å². The van der Waals surface area contributed by atoms with Crippen LogP contribution < -0.4 is 5.32 Å². The SMILES string of the molecule is CCNC(CCC(C)(C)OC)c1cc2sccc2s1. The lowest BCUT2D eigenvalue weighted by Gasteiger charge is -2.26. The van der Waals surface area contributed by atoms with Crippen LogP contribution in [0.25, 0.3) is 9.40 Å². The van der Waals surface area contributed by atoms with Gasteiger partial charge in [-0.2, -0.15) is 0 Å². The van der Waals surface area contributed by atoms with Gasteiger partial charge in [-0.05, 0) is 50.7 Å². The van der Waals surface area contributed by atoms with Crippen LogP contribution in [-0.4, -0.2) is 19.3 Å². The van der Waals surface area contributed by atoms with Gasteiger partial charge < -0.3 is 10.1 Å². The van der Waals surface area contributed by atoms with Crippen molar-refractivity contribution in [3.63, 3.8) is 0 Å². The first-order valence-electron chi connectivity index (χ1n) is 6.81. The second kappa shape index (κ2) is 6.35. The van der Waals surface area contributed by atoms with Gasteiger partial charge in [0.2, 0.25) is 0 Å². The molecule has 4 heteroatoms. The van der Waals surface area contributed by atoms with Crippen molar-refractivity contribution < 1.29 is 4.74 Å². The van der Waals surface area contributed by atoms with Crippen LogP contribution in [0.1, 0.15) is 44.5 Å². The Morgan fingerprint density at radius 1 is 1.37 bits per heavy atom. The predicted octanol–water partition coefficient (Wildman–Crippen LogP) is 4.82. The maximum absolute atomic E-state index is 5.52. The number of ether oxygens (including phenoxy) is 1. The van der Waals surface area contributed by atoms with E-state index in [1.807, 2.05) is 22.7 Å². The van der Waals surface area contributed by atoms with Gasteiger partial charge in [0.25, 0.3) is 0 Å². The van der Waals surface area contributed by atoms with E-state index in [9.17, 15) is 0 Å². The molecule has 2 aromatic rings. The first-order valence-corrected chi connectivity index (χ1v) is 8.51. The molecule has 2 nitrogen and oxygen atoms in total. The first-order chi connectivity index (χ1) is 9.05. The summed E-state index contributed by atoms with van der Waals surface area (Å²) in [5.41, 5.74) is -0.0394. The summed E-state index contributed by atoms with van der Waals surface area (Å²) in [6, 6.07) is 5.01. The molecular weight excluding hydrogens is 274 g/mol. The Morgan fingerprint density at radius 3 is 2.79 bits per heavy atom. The quantitative estimate of drug-likeness (QED) is 0.791. The van der Waals surface area contributed by atoms with Crippen LogP contribution in [0.2, 0.25) is 0 Å². The molecular formula is C15H23NOS2. The van der Waals surface area contributed by atoms with Crippen molar-refractivity contribution >= 4 is 32.1 Å². The molecule has 0 aliphatic heterocycles.